The molecule has 0 bridgehead atoms. The zero-order valence-electron chi connectivity index (χ0n) is 11.3. The molecule has 1 fully saturated rings. The third kappa shape index (κ3) is 3.28. The minimum absolute atomic E-state index is 0.157. The van der Waals surface area contributed by atoms with Crippen molar-refractivity contribution in [2.75, 3.05) is 6.54 Å². The van der Waals surface area contributed by atoms with Crippen molar-refractivity contribution in [3.8, 4) is 0 Å². The predicted octanol–water partition coefficient (Wildman–Crippen LogP) is 2.28. The molecule has 1 saturated carbocycles. The lowest BCUT2D eigenvalue weighted by Crippen LogP contribution is -2.34. The van der Waals surface area contributed by atoms with Gasteiger partial charge in [0.2, 0.25) is 0 Å². The number of amides is 1. The first-order valence-electron chi connectivity index (χ1n) is 6.65. The van der Waals surface area contributed by atoms with Crippen LogP contribution in [0.15, 0.2) is 12.1 Å². The Balaban J connectivity index is 2.04. The van der Waals surface area contributed by atoms with Crippen LogP contribution in [0.5, 0.6) is 0 Å². The summed E-state index contributed by atoms with van der Waals surface area (Å²) in [6.07, 6.45) is 2.89. The molecule has 108 valence electrons. The first-order valence-corrected chi connectivity index (χ1v) is 7.03. The number of hydrogen-bond donors (Lipinski definition) is 2. The Hall–Kier alpha value is -1.62. The highest BCUT2D eigenvalue weighted by molar-refractivity contribution is 6.29. The van der Waals surface area contributed by atoms with E-state index in [2.05, 4.69) is 10.3 Å². The minimum Gasteiger partial charge on any atom is -0.481 e. The summed E-state index contributed by atoms with van der Waals surface area (Å²) in [5, 5.41) is 12.0. The van der Waals surface area contributed by atoms with Gasteiger partial charge in [-0.05, 0) is 31.4 Å². The number of carbonyl (C=O) groups excluding carboxylic acids is 1. The molecule has 0 aliphatic heterocycles. The van der Waals surface area contributed by atoms with Crippen molar-refractivity contribution in [2.24, 2.45) is 5.41 Å². The van der Waals surface area contributed by atoms with Gasteiger partial charge in [0, 0.05) is 17.8 Å². The van der Waals surface area contributed by atoms with Crippen LogP contribution < -0.4 is 5.32 Å². The van der Waals surface area contributed by atoms with E-state index in [4.69, 9.17) is 16.7 Å². The van der Waals surface area contributed by atoms with Gasteiger partial charge < -0.3 is 10.4 Å². The summed E-state index contributed by atoms with van der Waals surface area (Å²) >= 11 is 5.90. The van der Waals surface area contributed by atoms with E-state index in [0.717, 1.165) is 18.5 Å². The number of aliphatic carboxylic acids is 1. The summed E-state index contributed by atoms with van der Waals surface area (Å²) in [5.41, 5.74) is 0.429. The maximum Gasteiger partial charge on any atom is 0.311 e. The van der Waals surface area contributed by atoms with Crippen LogP contribution in [0.25, 0.3) is 0 Å². The second-order valence-corrected chi connectivity index (χ2v) is 5.58. The van der Waals surface area contributed by atoms with Crippen LogP contribution >= 0.6 is 11.6 Å². The number of hydrogen-bond acceptors (Lipinski definition) is 3. The normalized spacial score (nSPS) is 15.7. The van der Waals surface area contributed by atoms with E-state index in [-0.39, 0.29) is 17.6 Å². The smallest absolute Gasteiger partial charge is 0.311 e. The second kappa shape index (κ2) is 5.79. The van der Waals surface area contributed by atoms with E-state index in [1.165, 1.54) is 6.07 Å². The van der Waals surface area contributed by atoms with Crippen molar-refractivity contribution in [3.63, 3.8) is 0 Å². The lowest BCUT2D eigenvalue weighted by Gasteiger charge is -2.11. The third-order valence-electron chi connectivity index (χ3n) is 3.51. The van der Waals surface area contributed by atoms with Crippen molar-refractivity contribution in [2.45, 2.75) is 32.6 Å². The molecular formula is C14H17ClN2O3. The van der Waals surface area contributed by atoms with Crippen molar-refractivity contribution in [1.29, 1.82) is 0 Å². The maximum absolute atomic E-state index is 12.1. The van der Waals surface area contributed by atoms with Gasteiger partial charge in [0.15, 0.2) is 0 Å². The molecule has 0 saturated heterocycles. The molecule has 0 aromatic carbocycles. The number of aromatic nitrogens is 1. The van der Waals surface area contributed by atoms with E-state index >= 15 is 0 Å². The van der Waals surface area contributed by atoms with E-state index in [9.17, 15) is 9.59 Å². The number of carboxylic acid groups (broad SMARTS) is 1. The molecule has 0 atom stereocenters. The van der Waals surface area contributed by atoms with Crippen LogP contribution in [-0.2, 0) is 11.2 Å². The molecule has 5 nitrogen and oxygen atoms in total. The average molecular weight is 297 g/mol. The zero-order chi connectivity index (χ0) is 14.8. The SMILES string of the molecule is CCCc1cc(C(=O)NCC2(C(=O)O)CC2)cc(Cl)n1. The molecule has 1 aromatic heterocycles. The Kier molecular flexibility index (Phi) is 4.28. The Morgan fingerprint density at radius 2 is 2.15 bits per heavy atom. The fraction of sp³-hybridized carbons (Fsp3) is 0.500. The predicted molar refractivity (Wildman–Crippen MR) is 74.9 cm³/mol. The minimum atomic E-state index is -0.850. The first-order chi connectivity index (χ1) is 9.47. The van der Waals surface area contributed by atoms with Gasteiger partial charge in [-0.1, -0.05) is 24.9 Å². The highest BCUT2D eigenvalue weighted by Crippen LogP contribution is 2.45. The van der Waals surface area contributed by atoms with Gasteiger partial charge in [-0.15, -0.1) is 0 Å². The molecule has 1 aromatic rings. The summed E-state index contributed by atoms with van der Waals surface area (Å²) in [4.78, 5) is 27.3. The third-order valence-corrected chi connectivity index (χ3v) is 3.70. The van der Waals surface area contributed by atoms with Gasteiger partial charge in [-0.25, -0.2) is 4.98 Å². The number of pyridine rings is 1. The van der Waals surface area contributed by atoms with Crippen LogP contribution in [0, 0.1) is 5.41 Å². The van der Waals surface area contributed by atoms with Gasteiger partial charge >= 0.3 is 5.97 Å². The molecule has 1 amide bonds. The summed E-state index contributed by atoms with van der Waals surface area (Å²) in [7, 11) is 0. The fourth-order valence-corrected chi connectivity index (χ4v) is 2.26. The Bertz CT molecular complexity index is 541. The molecular weight excluding hydrogens is 280 g/mol. The monoisotopic (exact) mass is 296 g/mol. The van der Waals surface area contributed by atoms with Gasteiger partial charge in [-0.2, -0.15) is 0 Å². The standard InChI is InChI=1S/C14H17ClN2O3/c1-2-3-10-6-9(7-11(15)17-10)12(18)16-8-14(4-5-14)13(19)20/h6-7H,2-5,8H2,1H3,(H,16,18)(H,19,20). The van der Waals surface area contributed by atoms with Crippen LogP contribution in [0.3, 0.4) is 0 Å². The molecule has 2 rings (SSSR count). The molecule has 1 heterocycles. The molecule has 1 aliphatic carbocycles. The van der Waals surface area contributed by atoms with E-state index in [1.54, 1.807) is 6.07 Å². The van der Waals surface area contributed by atoms with Crippen LogP contribution in [-0.4, -0.2) is 28.5 Å². The van der Waals surface area contributed by atoms with E-state index < -0.39 is 11.4 Å². The van der Waals surface area contributed by atoms with Crippen molar-refractivity contribution < 1.29 is 14.7 Å². The van der Waals surface area contributed by atoms with Crippen molar-refractivity contribution in [3.05, 3.63) is 28.5 Å². The Labute approximate surface area is 122 Å². The highest BCUT2D eigenvalue weighted by Gasteiger charge is 2.50. The topological polar surface area (TPSA) is 79.3 Å². The quantitative estimate of drug-likeness (QED) is 0.789. The van der Waals surface area contributed by atoms with Crippen molar-refractivity contribution in [1.82, 2.24) is 10.3 Å². The van der Waals surface area contributed by atoms with Crippen LogP contribution in [0.2, 0.25) is 5.15 Å². The summed E-state index contributed by atoms with van der Waals surface area (Å²) in [6.45, 7) is 2.18. The van der Waals surface area contributed by atoms with E-state index in [1.807, 2.05) is 6.92 Å². The maximum atomic E-state index is 12.1. The fourth-order valence-electron chi connectivity index (χ4n) is 2.04. The number of carbonyl (C=O) groups is 2. The Morgan fingerprint density at radius 1 is 1.45 bits per heavy atom. The lowest BCUT2D eigenvalue weighted by atomic mass is 10.1. The van der Waals surface area contributed by atoms with Gasteiger partial charge in [0.25, 0.3) is 5.91 Å². The molecule has 2 N–H and O–H groups in total. The molecule has 0 spiro atoms. The summed E-state index contributed by atoms with van der Waals surface area (Å²) in [5.74, 6) is -1.16. The molecule has 0 radical (unpaired) electrons. The zero-order valence-corrected chi connectivity index (χ0v) is 12.0. The molecule has 0 unspecified atom stereocenters. The van der Waals surface area contributed by atoms with Gasteiger partial charge in [-0.3, -0.25) is 9.59 Å². The lowest BCUT2D eigenvalue weighted by molar-refractivity contribution is -0.143. The number of aryl methyl sites for hydroxylation is 1. The van der Waals surface area contributed by atoms with Crippen molar-refractivity contribution >= 4 is 23.5 Å². The number of carboxylic acids is 1. The van der Waals surface area contributed by atoms with Gasteiger partial charge in [0.1, 0.15) is 5.15 Å². The van der Waals surface area contributed by atoms with Crippen LogP contribution in [0.1, 0.15) is 42.2 Å². The van der Waals surface area contributed by atoms with Crippen LogP contribution in [0.4, 0.5) is 0 Å². The summed E-state index contributed by atoms with van der Waals surface area (Å²) < 4.78 is 0. The molecule has 1 aliphatic rings. The average Bonchev–Trinajstić information content (AvgIpc) is 3.17. The molecule has 20 heavy (non-hydrogen) atoms. The molecule has 6 heteroatoms. The Morgan fingerprint density at radius 3 is 2.70 bits per heavy atom. The second-order valence-electron chi connectivity index (χ2n) is 5.19. The van der Waals surface area contributed by atoms with E-state index in [0.29, 0.717) is 18.4 Å². The number of halogens is 1. The summed E-state index contributed by atoms with van der Waals surface area (Å²) in [6, 6.07) is 3.20. The first kappa shape index (κ1) is 14.8. The largest absolute Gasteiger partial charge is 0.481 e. The van der Waals surface area contributed by atoms with Gasteiger partial charge in [0.05, 0.1) is 5.41 Å². The number of nitrogens with one attached hydrogen (secondary N) is 1. The number of rotatable bonds is 6. The highest BCUT2D eigenvalue weighted by atomic mass is 35.5. The number of nitrogens with zero attached hydrogens (tertiary/aromatic N) is 1.